The second kappa shape index (κ2) is 8.40. The fourth-order valence-corrected chi connectivity index (χ4v) is 3.27. The number of nitrogens with zero attached hydrogens (tertiary/aromatic N) is 3. The average molecular weight is 396 g/mol. The van der Waals surface area contributed by atoms with Crippen LogP contribution in [0.2, 0.25) is 0 Å². The first kappa shape index (κ1) is 19.2. The Morgan fingerprint density at radius 2 is 1.74 bits per heavy atom. The van der Waals surface area contributed by atoms with Crippen LogP contribution in [0.15, 0.2) is 36.5 Å². The van der Waals surface area contributed by atoms with Crippen LogP contribution in [0.3, 0.4) is 0 Å². The third-order valence-electron chi connectivity index (χ3n) is 4.19. The van der Waals surface area contributed by atoms with Gasteiger partial charge in [0.25, 0.3) is 5.91 Å². The monoisotopic (exact) mass is 396 g/mol. The molecule has 27 heavy (non-hydrogen) atoms. The van der Waals surface area contributed by atoms with Crippen molar-refractivity contribution in [2.75, 3.05) is 30.9 Å². The predicted molar refractivity (Wildman–Crippen MR) is 95.7 cm³/mol. The molecule has 1 aliphatic heterocycles. The van der Waals surface area contributed by atoms with Crippen LogP contribution in [-0.4, -0.2) is 55.3 Å². The van der Waals surface area contributed by atoms with E-state index in [1.54, 1.807) is 4.90 Å². The molecule has 1 aromatic carbocycles. The van der Waals surface area contributed by atoms with Crippen molar-refractivity contribution in [1.82, 2.24) is 14.8 Å². The number of piperazine rings is 1. The van der Waals surface area contributed by atoms with Crippen molar-refractivity contribution in [3.8, 4) is 0 Å². The van der Waals surface area contributed by atoms with E-state index in [1.165, 1.54) is 30.5 Å². The number of anilines is 1. The van der Waals surface area contributed by atoms with Crippen LogP contribution >= 0.6 is 0 Å². The molecule has 2 heterocycles. The molecule has 0 aliphatic carbocycles. The smallest absolute Gasteiger partial charge is 0.272 e. The lowest BCUT2D eigenvalue weighted by Crippen LogP contribution is -2.48. The molecule has 0 radical (unpaired) electrons. The van der Waals surface area contributed by atoms with Crippen LogP contribution in [0.5, 0.6) is 0 Å². The van der Waals surface area contributed by atoms with Gasteiger partial charge < -0.3 is 4.90 Å². The quantitative estimate of drug-likeness (QED) is 0.744. The Bertz CT molecular complexity index is 869. The summed E-state index contributed by atoms with van der Waals surface area (Å²) in [7, 11) is -2.78. The van der Waals surface area contributed by atoms with Gasteiger partial charge in [0.05, 0.1) is 11.9 Å². The molecule has 1 aromatic heterocycles. The van der Waals surface area contributed by atoms with Gasteiger partial charge in [-0.1, -0.05) is 0 Å². The number of aromatic nitrogens is 1. The van der Waals surface area contributed by atoms with E-state index in [4.69, 9.17) is 0 Å². The minimum atomic E-state index is -2.78. The molecule has 3 rings (SSSR count). The molecule has 144 valence electrons. The van der Waals surface area contributed by atoms with Gasteiger partial charge in [-0.15, -0.1) is 0 Å². The summed E-state index contributed by atoms with van der Waals surface area (Å²) in [5.41, 5.74) is 1.06. The number of halogens is 2. The highest BCUT2D eigenvalue weighted by Crippen LogP contribution is 2.14. The van der Waals surface area contributed by atoms with E-state index in [0.717, 1.165) is 6.07 Å². The fraction of sp³-hybridized carbons (Fsp3) is 0.294. The maximum absolute atomic E-state index is 13.3. The molecule has 0 unspecified atom stereocenters. The number of amides is 1. The number of nitrogens with one attached hydrogen (secondary N) is 1. The summed E-state index contributed by atoms with van der Waals surface area (Å²) in [4.78, 5) is 20.2. The summed E-state index contributed by atoms with van der Waals surface area (Å²) in [5, 5.41) is 0. The van der Waals surface area contributed by atoms with E-state index < -0.39 is 22.5 Å². The van der Waals surface area contributed by atoms with Gasteiger partial charge in [-0.2, -0.15) is 0 Å². The number of pyridine rings is 1. The summed E-state index contributed by atoms with van der Waals surface area (Å²) in [6.45, 7) is 2.47. The minimum Gasteiger partial charge on any atom is -0.335 e. The molecule has 0 saturated carbocycles. The third-order valence-corrected chi connectivity index (χ3v) is 4.63. The van der Waals surface area contributed by atoms with E-state index in [9.17, 15) is 22.0 Å². The van der Waals surface area contributed by atoms with E-state index in [2.05, 4.69) is 9.71 Å². The molecule has 10 heteroatoms. The summed E-state index contributed by atoms with van der Waals surface area (Å²) in [5.74, 6) is -1.46. The fourth-order valence-electron chi connectivity index (χ4n) is 2.92. The highest BCUT2D eigenvalue weighted by molar-refractivity contribution is 7.73. The van der Waals surface area contributed by atoms with Crippen LogP contribution in [-0.2, 0) is 17.4 Å². The van der Waals surface area contributed by atoms with Crippen LogP contribution in [0.4, 0.5) is 14.5 Å². The standard InChI is InChI=1S/C17H18F2N4O3S/c18-13-7-12(8-14(19)9-13)11-22-3-5-23(6-4-22)17(24)16-2-1-15(10-20-16)21-27(25)26/h1-2,7-10,27H,3-6,11H2,(H,21,25,26). The topological polar surface area (TPSA) is 82.6 Å². The Hall–Kier alpha value is -2.59. The van der Waals surface area contributed by atoms with Gasteiger partial charge in [-0.25, -0.2) is 22.2 Å². The lowest BCUT2D eigenvalue weighted by Gasteiger charge is -2.34. The van der Waals surface area contributed by atoms with Gasteiger partial charge in [0, 0.05) is 38.8 Å². The largest absolute Gasteiger partial charge is 0.335 e. The molecule has 1 fully saturated rings. The number of thiol groups is 1. The molecule has 7 nitrogen and oxygen atoms in total. The zero-order valence-corrected chi connectivity index (χ0v) is 15.2. The number of rotatable bonds is 5. The van der Waals surface area contributed by atoms with Gasteiger partial charge in [-0.05, 0) is 29.8 Å². The summed E-state index contributed by atoms with van der Waals surface area (Å²) >= 11 is 0. The molecular weight excluding hydrogens is 378 g/mol. The summed E-state index contributed by atoms with van der Waals surface area (Å²) < 4.78 is 50.0. The number of benzene rings is 1. The molecule has 0 bridgehead atoms. The van der Waals surface area contributed by atoms with Gasteiger partial charge in [-0.3, -0.25) is 14.4 Å². The van der Waals surface area contributed by atoms with Crippen molar-refractivity contribution in [1.29, 1.82) is 0 Å². The Morgan fingerprint density at radius 1 is 1.07 bits per heavy atom. The predicted octanol–water partition coefficient (Wildman–Crippen LogP) is 1.26. The van der Waals surface area contributed by atoms with E-state index in [0.29, 0.717) is 38.3 Å². The van der Waals surface area contributed by atoms with Gasteiger partial charge >= 0.3 is 0 Å². The highest BCUT2D eigenvalue weighted by Gasteiger charge is 2.23. The number of hydrogen-bond acceptors (Lipinski definition) is 5. The first-order valence-electron chi connectivity index (χ1n) is 8.24. The zero-order valence-electron chi connectivity index (χ0n) is 14.3. The lowest BCUT2D eigenvalue weighted by atomic mass is 10.2. The van der Waals surface area contributed by atoms with Crippen molar-refractivity contribution in [2.45, 2.75) is 6.54 Å². The first-order chi connectivity index (χ1) is 12.9. The molecule has 1 N–H and O–H groups in total. The average Bonchev–Trinajstić information content (AvgIpc) is 2.61. The van der Waals surface area contributed by atoms with E-state index in [1.807, 2.05) is 4.90 Å². The van der Waals surface area contributed by atoms with Crippen molar-refractivity contribution >= 4 is 22.5 Å². The van der Waals surface area contributed by atoms with Crippen molar-refractivity contribution in [3.05, 3.63) is 59.4 Å². The van der Waals surface area contributed by atoms with Crippen LogP contribution in [0.1, 0.15) is 16.1 Å². The van der Waals surface area contributed by atoms with Crippen LogP contribution in [0, 0.1) is 11.6 Å². The van der Waals surface area contributed by atoms with Crippen molar-refractivity contribution < 1.29 is 22.0 Å². The van der Waals surface area contributed by atoms with Gasteiger partial charge in [0.15, 0.2) is 0 Å². The van der Waals surface area contributed by atoms with E-state index in [-0.39, 0.29) is 17.3 Å². The van der Waals surface area contributed by atoms with E-state index >= 15 is 0 Å². The number of carbonyl (C=O) groups excluding carboxylic acids is 1. The zero-order chi connectivity index (χ0) is 19.4. The van der Waals surface area contributed by atoms with Crippen LogP contribution in [0.25, 0.3) is 0 Å². The Labute approximate surface area is 156 Å². The number of carbonyl (C=O) groups is 1. The van der Waals surface area contributed by atoms with Crippen molar-refractivity contribution in [2.24, 2.45) is 0 Å². The molecule has 1 amide bonds. The lowest BCUT2D eigenvalue weighted by molar-refractivity contribution is 0.0622. The molecule has 1 aliphatic rings. The second-order valence-electron chi connectivity index (χ2n) is 6.15. The molecule has 0 atom stereocenters. The van der Waals surface area contributed by atoms with Crippen LogP contribution < -0.4 is 4.72 Å². The summed E-state index contributed by atoms with van der Waals surface area (Å²) in [6, 6.07) is 6.38. The Kier molecular flexibility index (Phi) is 5.97. The van der Waals surface area contributed by atoms with Gasteiger partial charge in [0.2, 0.25) is 10.9 Å². The molecule has 0 spiro atoms. The number of hydrogen-bond donors (Lipinski definition) is 2. The highest BCUT2D eigenvalue weighted by atomic mass is 32.2. The van der Waals surface area contributed by atoms with Crippen molar-refractivity contribution in [3.63, 3.8) is 0 Å². The SMILES string of the molecule is O=C(c1ccc(N[SH](=O)=O)cn1)N1CCN(Cc2cc(F)cc(F)c2)CC1. The maximum Gasteiger partial charge on any atom is 0.272 e. The normalized spacial score (nSPS) is 15.1. The molecule has 1 saturated heterocycles. The molecule has 2 aromatic rings. The maximum atomic E-state index is 13.3. The molecular formula is C17H18F2N4O3S. The third kappa shape index (κ3) is 5.20. The van der Waals surface area contributed by atoms with Gasteiger partial charge in [0.1, 0.15) is 17.3 Å². The minimum absolute atomic E-state index is 0.224. The Balaban J connectivity index is 1.56. The first-order valence-corrected chi connectivity index (χ1v) is 9.42. The Morgan fingerprint density at radius 3 is 2.30 bits per heavy atom. The second-order valence-corrected chi connectivity index (χ2v) is 6.88. The summed E-state index contributed by atoms with van der Waals surface area (Å²) in [6.07, 6.45) is 1.28.